The quantitative estimate of drug-likeness (QED) is 0.922. The average Bonchev–Trinajstić information content (AvgIpc) is 2.37. The van der Waals surface area contributed by atoms with Crippen molar-refractivity contribution in [2.45, 2.75) is 26.4 Å². The number of aliphatic hydroxyl groups excluding tert-OH is 1. The molecule has 0 aliphatic heterocycles. The zero-order chi connectivity index (χ0) is 14.0. The van der Waals surface area contributed by atoms with E-state index in [1.165, 1.54) is 19.1 Å². The first kappa shape index (κ1) is 13.6. The number of hydrogen-bond donors (Lipinski definition) is 1. The number of rotatable bonds is 3. The van der Waals surface area contributed by atoms with Gasteiger partial charge in [-0.25, -0.2) is 8.78 Å². The molecule has 1 aromatic carbocycles. The predicted octanol–water partition coefficient (Wildman–Crippen LogP) is 3.25. The summed E-state index contributed by atoms with van der Waals surface area (Å²) >= 11 is 0. The van der Waals surface area contributed by atoms with Crippen LogP contribution in [0.4, 0.5) is 8.78 Å². The summed E-state index contributed by atoms with van der Waals surface area (Å²) in [4.78, 5) is 4.12. The number of nitrogens with zero attached hydrogens (tertiary/aromatic N) is 1. The van der Waals surface area contributed by atoms with Crippen LogP contribution in [0.3, 0.4) is 0 Å². The molecule has 1 heterocycles. The Morgan fingerprint density at radius 2 is 1.89 bits per heavy atom. The lowest BCUT2D eigenvalue weighted by atomic mass is 9.99. The van der Waals surface area contributed by atoms with Crippen molar-refractivity contribution in [1.29, 1.82) is 0 Å². The summed E-state index contributed by atoms with van der Waals surface area (Å²) in [5.74, 6) is -1.43. The molecule has 0 aliphatic carbocycles. The highest BCUT2D eigenvalue weighted by Gasteiger charge is 2.20. The van der Waals surface area contributed by atoms with Crippen molar-refractivity contribution in [2.75, 3.05) is 0 Å². The first-order valence-electron chi connectivity index (χ1n) is 6.03. The second-order valence-corrected chi connectivity index (χ2v) is 4.58. The number of aromatic nitrogens is 1. The molecule has 0 saturated heterocycles. The molecule has 4 heteroatoms. The number of pyridine rings is 1. The van der Waals surface area contributed by atoms with E-state index < -0.39 is 17.7 Å². The van der Waals surface area contributed by atoms with Gasteiger partial charge < -0.3 is 5.11 Å². The van der Waals surface area contributed by atoms with E-state index >= 15 is 0 Å². The van der Waals surface area contributed by atoms with Gasteiger partial charge >= 0.3 is 0 Å². The molecular weight excluding hydrogens is 248 g/mol. The van der Waals surface area contributed by atoms with Crippen molar-refractivity contribution in [3.05, 3.63) is 64.5 Å². The highest BCUT2D eigenvalue weighted by atomic mass is 19.1. The van der Waals surface area contributed by atoms with E-state index in [9.17, 15) is 13.9 Å². The van der Waals surface area contributed by atoms with Gasteiger partial charge in [0.15, 0.2) is 0 Å². The second kappa shape index (κ2) is 5.45. The lowest BCUT2D eigenvalue weighted by molar-refractivity contribution is 0.166. The smallest absolute Gasteiger partial charge is 0.134 e. The zero-order valence-electron chi connectivity index (χ0n) is 10.8. The van der Waals surface area contributed by atoms with Gasteiger partial charge in [0.05, 0.1) is 11.7 Å². The van der Waals surface area contributed by atoms with Gasteiger partial charge in [-0.15, -0.1) is 0 Å². The average molecular weight is 263 g/mol. The van der Waals surface area contributed by atoms with E-state index in [2.05, 4.69) is 4.98 Å². The SMILES string of the molecule is Cc1cccnc1CC(O)c1c(F)ccc(C)c1F. The van der Waals surface area contributed by atoms with Crippen LogP contribution in [-0.2, 0) is 6.42 Å². The van der Waals surface area contributed by atoms with Crippen molar-refractivity contribution in [3.63, 3.8) is 0 Å². The van der Waals surface area contributed by atoms with Crippen LogP contribution in [-0.4, -0.2) is 10.1 Å². The fraction of sp³-hybridized carbons (Fsp3) is 0.267. The van der Waals surface area contributed by atoms with E-state index in [1.807, 2.05) is 13.0 Å². The number of hydrogen-bond acceptors (Lipinski definition) is 2. The lowest BCUT2D eigenvalue weighted by Crippen LogP contribution is -2.10. The summed E-state index contributed by atoms with van der Waals surface area (Å²) in [5, 5.41) is 10.1. The molecule has 1 N–H and O–H groups in total. The van der Waals surface area contributed by atoms with Gasteiger partial charge in [0, 0.05) is 18.3 Å². The maximum Gasteiger partial charge on any atom is 0.134 e. The van der Waals surface area contributed by atoms with Gasteiger partial charge in [0.25, 0.3) is 0 Å². The molecule has 1 atom stereocenters. The van der Waals surface area contributed by atoms with Crippen LogP contribution >= 0.6 is 0 Å². The minimum absolute atomic E-state index is 0.0873. The lowest BCUT2D eigenvalue weighted by Gasteiger charge is -2.14. The van der Waals surface area contributed by atoms with Gasteiger partial charge in [0.2, 0.25) is 0 Å². The van der Waals surface area contributed by atoms with Crippen molar-refractivity contribution < 1.29 is 13.9 Å². The number of halogens is 2. The Labute approximate surface area is 110 Å². The van der Waals surface area contributed by atoms with Gasteiger partial charge in [-0.2, -0.15) is 0 Å². The maximum atomic E-state index is 13.9. The van der Waals surface area contributed by atoms with Crippen LogP contribution in [0.25, 0.3) is 0 Å². The summed E-state index contributed by atoms with van der Waals surface area (Å²) in [6.07, 6.45) is 0.440. The first-order chi connectivity index (χ1) is 9.00. The number of aliphatic hydroxyl groups is 1. The standard InChI is InChI=1S/C15H15F2NO/c1-9-4-3-7-18-12(9)8-13(19)14-11(16)6-5-10(2)15(14)17/h3-7,13,19H,8H2,1-2H3. The molecule has 0 bridgehead atoms. The molecule has 0 aliphatic rings. The number of aryl methyl sites for hydroxylation is 2. The highest BCUT2D eigenvalue weighted by Crippen LogP contribution is 2.26. The van der Waals surface area contributed by atoms with Crippen LogP contribution in [0.1, 0.15) is 28.5 Å². The Hall–Kier alpha value is -1.81. The van der Waals surface area contributed by atoms with Crippen molar-refractivity contribution in [3.8, 4) is 0 Å². The summed E-state index contributed by atoms with van der Waals surface area (Å²) in [7, 11) is 0. The fourth-order valence-corrected chi connectivity index (χ4v) is 2.00. The Morgan fingerprint density at radius 1 is 1.16 bits per heavy atom. The predicted molar refractivity (Wildman–Crippen MR) is 68.7 cm³/mol. The molecule has 2 rings (SSSR count). The normalized spacial score (nSPS) is 12.5. The summed E-state index contributed by atoms with van der Waals surface area (Å²) in [6, 6.07) is 6.15. The van der Waals surface area contributed by atoms with E-state index in [-0.39, 0.29) is 12.0 Å². The molecule has 0 fully saturated rings. The monoisotopic (exact) mass is 263 g/mol. The van der Waals surface area contributed by atoms with Crippen LogP contribution in [0.15, 0.2) is 30.5 Å². The summed E-state index contributed by atoms with van der Waals surface area (Å²) in [5.41, 5.74) is 1.54. The summed E-state index contributed by atoms with van der Waals surface area (Å²) < 4.78 is 27.6. The molecule has 2 nitrogen and oxygen atoms in total. The Balaban J connectivity index is 2.33. The molecule has 2 aromatic rings. The van der Waals surface area contributed by atoms with E-state index in [1.54, 1.807) is 12.3 Å². The van der Waals surface area contributed by atoms with Crippen LogP contribution < -0.4 is 0 Å². The van der Waals surface area contributed by atoms with Crippen LogP contribution in [0, 0.1) is 25.5 Å². The van der Waals surface area contributed by atoms with Gasteiger partial charge in [-0.05, 0) is 37.1 Å². The number of benzene rings is 1. The first-order valence-corrected chi connectivity index (χ1v) is 6.03. The molecular formula is C15H15F2NO. The van der Waals surface area contributed by atoms with Crippen LogP contribution in [0.5, 0.6) is 0 Å². The van der Waals surface area contributed by atoms with Crippen LogP contribution in [0.2, 0.25) is 0 Å². The third kappa shape index (κ3) is 2.79. The Bertz CT molecular complexity index is 599. The molecule has 1 aromatic heterocycles. The van der Waals surface area contributed by atoms with E-state index in [0.29, 0.717) is 11.3 Å². The Morgan fingerprint density at radius 3 is 2.58 bits per heavy atom. The van der Waals surface area contributed by atoms with Crippen molar-refractivity contribution in [2.24, 2.45) is 0 Å². The molecule has 100 valence electrons. The van der Waals surface area contributed by atoms with Crippen molar-refractivity contribution in [1.82, 2.24) is 4.98 Å². The Kier molecular flexibility index (Phi) is 3.90. The van der Waals surface area contributed by atoms with E-state index in [4.69, 9.17) is 0 Å². The third-order valence-electron chi connectivity index (χ3n) is 3.16. The van der Waals surface area contributed by atoms with E-state index in [0.717, 1.165) is 5.56 Å². The minimum atomic E-state index is -1.24. The second-order valence-electron chi connectivity index (χ2n) is 4.58. The fourth-order valence-electron chi connectivity index (χ4n) is 2.00. The molecule has 0 spiro atoms. The largest absolute Gasteiger partial charge is 0.388 e. The zero-order valence-corrected chi connectivity index (χ0v) is 10.8. The van der Waals surface area contributed by atoms with Gasteiger partial charge in [-0.3, -0.25) is 4.98 Å². The maximum absolute atomic E-state index is 13.9. The van der Waals surface area contributed by atoms with Crippen molar-refractivity contribution >= 4 is 0 Å². The van der Waals surface area contributed by atoms with Gasteiger partial charge in [-0.1, -0.05) is 12.1 Å². The molecule has 19 heavy (non-hydrogen) atoms. The topological polar surface area (TPSA) is 33.1 Å². The minimum Gasteiger partial charge on any atom is -0.388 e. The van der Waals surface area contributed by atoms with Gasteiger partial charge in [0.1, 0.15) is 11.6 Å². The summed E-state index contributed by atoms with van der Waals surface area (Å²) in [6.45, 7) is 3.38. The third-order valence-corrected chi connectivity index (χ3v) is 3.16. The molecule has 0 radical (unpaired) electrons. The highest BCUT2D eigenvalue weighted by molar-refractivity contribution is 5.30. The molecule has 0 amide bonds. The molecule has 1 unspecified atom stereocenters. The molecule has 0 saturated carbocycles.